The van der Waals surface area contributed by atoms with Crippen LogP contribution in [0.1, 0.15) is 30.5 Å². The predicted octanol–water partition coefficient (Wildman–Crippen LogP) is 6.88. The topological polar surface area (TPSA) is 75.7 Å². The number of nitrogens with one attached hydrogen (secondary N) is 1. The second-order valence-corrected chi connectivity index (χ2v) is 10.3. The number of urea groups is 1. The Balaban J connectivity index is 1.78. The largest absolute Gasteiger partial charge is 0.416 e. The van der Waals surface area contributed by atoms with Crippen LogP contribution in [0.4, 0.5) is 23.7 Å². The Labute approximate surface area is 212 Å². The molecule has 0 atom stereocenters. The number of rotatable bonds is 7. The summed E-state index contributed by atoms with van der Waals surface area (Å²) in [5, 5.41) is 3.30. The Morgan fingerprint density at radius 1 is 1.06 bits per heavy atom. The summed E-state index contributed by atoms with van der Waals surface area (Å²) >= 11 is 6.13. The van der Waals surface area contributed by atoms with Crippen LogP contribution in [0.5, 0.6) is 5.75 Å². The minimum atomic E-state index is -4.70. The number of carbonyl (C=O) groups excluding carboxylic acids is 1. The third-order valence-electron chi connectivity index (χ3n) is 5.21. The maximum atomic E-state index is 13.0. The highest BCUT2D eigenvalue weighted by molar-refractivity contribution is 7.87. The second-order valence-electron chi connectivity index (χ2n) is 8.33. The Morgan fingerprint density at radius 2 is 1.75 bits per heavy atom. The summed E-state index contributed by atoms with van der Waals surface area (Å²) in [5.74, 6) is -0.0978. The van der Waals surface area contributed by atoms with Gasteiger partial charge in [0.05, 0.1) is 5.56 Å². The van der Waals surface area contributed by atoms with Crippen LogP contribution in [0.25, 0.3) is 0 Å². The molecule has 3 aromatic carbocycles. The van der Waals surface area contributed by atoms with Crippen molar-refractivity contribution in [3.05, 3.63) is 88.4 Å². The number of hydrogen-bond donors (Lipinski definition) is 1. The zero-order chi connectivity index (χ0) is 26.7. The number of carbonyl (C=O) groups is 1. The van der Waals surface area contributed by atoms with E-state index in [0.717, 1.165) is 23.8 Å². The molecule has 0 spiro atoms. The van der Waals surface area contributed by atoms with E-state index in [9.17, 15) is 26.4 Å². The van der Waals surface area contributed by atoms with Crippen molar-refractivity contribution < 1.29 is 30.6 Å². The molecule has 0 saturated heterocycles. The lowest BCUT2D eigenvalue weighted by Crippen LogP contribution is -2.39. The van der Waals surface area contributed by atoms with Crippen LogP contribution in [0.15, 0.2) is 71.6 Å². The smallest absolute Gasteiger partial charge is 0.379 e. The van der Waals surface area contributed by atoms with Crippen LogP contribution in [-0.4, -0.2) is 25.4 Å². The van der Waals surface area contributed by atoms with Crippen molar-refractivity contribution in [1.82, 2.24) is 4.90 Å². The Hall–Kier alpha value is -3.24. The monoisotopic (exact) mass is 540 g/mol. The SMILES string of the molecule is Cc1ccc(NC(=O)N(Cc2cccc(OS(=O)(=O)c3cccc(C(F)(F)F)c3)c2)C(C)C)cc1Cl. The molecule has 0 unspecified atom stereocenters. The van der Waals surface area contributed by atoms with Crippen LogP contribution in [0, 0.1) is 6.92 Å². The van der Waals surface area contributed by atoms with Crippen molar-refractivity contribution >= 4 is 33.4 Å². The first-order valence-corrected chi connectivity index (χ1v) is 12.6. The summed E-state index contributed by atoms with van der Waals surface area (Å²) in [7, 11) is -4.53. The van der Waals surface area contributed by atoms with Gasteiger partial charge in [-0.05, 0) is 74.4 Å². The zero-order valence-electron chi connectivity index (χ0n) is 19.6. The first-order valence-electron chi connectivity index (χ1n) is 10.8. The summed E-state index contributed by atoms with van der Waals surface area (Å²) in [6.45, 7) is 5.60. The summed E-state index contributed by atoms with van der Waals surface area (Å²) in [6.07, 6.45) is -4.70. The van der Waals surface area contributed by atoms with Crippen molar-refractivity contribution in [2.45, 2.75) is 44.4 Å². The molecule has 0 aliphatic rings. The molecule has 3 rings (SSSR count). The molecule has 1 N–H and O–H groups in total. The molecule has 3 aromatic rings. The lowest BCUT2D eigenvalue weighted by molar-refractivity contribution is -0.137. The molecule has 36 heavy (non-hydrogen) atoms. The quantitative estimate of drug-likeness (QED) is 0.331. The molecular weight excluding hydrogens is 517 g/mol. The summed E-state index contributed by atoms with van der Waals surface area (Å²) < 4.78 is 69.3. The van der Waals surface area contributed by atoms with E-state index in [0.29, 0.717) is 22.3 Å². The number of alkyl halides is 3. The highest BCUT2D eigenvalue weighted by atomic mass is 35.5. The van der Waals surface area contributed by atoms with Crippen LogP contribution >= 0.6 is 11.6 Å². The van der Waals surface area contributed by atoms with Crippen molar-refractivity contribution in [3.8, 4) is 5.75 Å². The van der Waals surface area contributed by atoms with Gasteiger partial charge in [-0.2, -0.15) is 21.6 Å². The van der Waals surface area contributed by atoms with Gasteiger partial charge in [-0.25, -0.2) is 4.79 Å². The van der Waals surface area contributed by atoms with Gasteiger partial charge in [0.15, 0.2) is 0 Å². The first kappa shape index (κ1) is 27.3. The number of halogens is 4. The van der Waals surface area contributed by atoms with Crippen molar-refractivity contribution in [2.24, 2.45) is 0 Å². The molecule has 0 fully saturated rings. The number of nitrogens with zero attached hydrogens (tertiary/aromatic N) is 1. The number of anilines is 1. The van der Waals surface area contributed by atoms with Gasteiger partial charge < -0.3 is 14.4 Å². The predicted molar refractivity (Wildman–Crippen MR) is 132 cm³/mol. The Morgan fingerprint density at radius 3 is 2.39 bits per heavy atom. The van der Waals surface area contributed by atoms with E-state index in [1.165, 1.54) is 23.1 Å². The molecule has 6 nitrogen and oxygen atoms in total. The normalized spacial score (nSPS) is 11.9. The molecule has 0 saturated carbocycles. The number of aryl methyl sites for hydroxylation is 1. The third kappa shape index (κ3) is 6.92. The second kappa shape index (κ2) is 10.8. The first-order chi connectivity index (χ1) is 16.8. The van der Waals surface area contributed by atoms with Crippen molar-refractivity contribution in [1.29, 1.82) is 0 Å². The van der Waals surface area contributed by atoms with E-state index in [4.69, 9.17) is 15.8 Å². The zero-order valence-corrected chi connectivity index (χ0v) is 21.2. The summed E-state index contributed by atoms with van der Waals surface area (Å²) in [5.41, 5.74) is 0.838. The lowest BCUT2D eigenvalue weighted by atomic mass is 10.2. The van der Waals surface area contributed by atoms with Gasteiger partial charge in [0, 0.05) is 23.3 Å². The minimum Gasteiger partial charge on any atom is -0.379 e. The van der Waals surface area contributed by atoms with E-state index in [2.05, 4.69) is 5.32 Å². The van der Waals surface area contributed by atoms with Crippen molar-refractivity contribution in [2.75, 3.05) is 5.32 Å². The molecule has 0 aliphatic heterocycles. The van der Waals surface area contributed by atoms with E-state index in [1.54, 1.807) is 24.3 Å². The van der Waals surface area contributed by atoms with Crippen molar-refractivity contribution in [3.63, 3.8) is 0 Å². The standard InChI is InChI=1S/C25H24ClF3N2O4S/c1-16(2)31(24(32)30-20-11-10-17(3)23(26)14-20)15-18-6-4-8-21(12-18)35-36(33,34)22-9-5-7-19(13-22)25(27,28)29/h4-14,16H,15H2,1-3H3,(H,30,32). The van der Waals surface area contributed by atoms with Crippen LogP contribution < -0.4 is 9.50 Å². The van der Waals surface area contributed by atoms with Crippen LogP contribution in [0.2, 0.25) is 5.02 Å². The summed E-state index contributed by atoms with van der Waals surface area (Å²) in [4.78, 5) is 13.8. The molecule has 0 radical (unpaired) electrons. The maximum Gasteiger partial charge on any atom is 0.416 e. The van der Waals surface area contributed by atoms with Gasteiger partial charge in [0.1, 0.15) is 10.6 Å². The Kier molecular flexibility index (Phi) is 8.20. The lowest BCUT2D eigenvalue weighted by Gasteiger charge is -2.27. The molecule has 0 aromatic heterocycles. The number of amides is 2. The van der Waals surface area contributed by atoms with Crippen LogP contribution in [-0.2, 0) is 22.8 Å². The van der Waals surface area contributed by atoms with E-state index in [1.807, 2.05) is 20.8 Å². The molecule has 11 heteroatoms. The van der Waals surface area contributed by atoms with Crippen LogP contribution in [0.3, 0.4) is 0 Å². The average molecular weight is 541 g/mol. The molecule has 2 amide bonds. The fourth-order valence-corrected chi connectivity index (χ4v) is 4.40. The molecule has 0 aliphatic carbocycles. The highest BCUT2D eigenvalue weighted by Crippen LogP contribution is 2.31. The molecular formula is C25H24ClF3N2O4S. The van der Waals surface area contributed by atoms with Gasteiger partial charge in [-0.1, -0.05) is 35.9 Å². The van der Waals surface area contributed by atoms with Gasteiger partial charge in [0.2, 0.25) is 0 Å². The van der Waals surface area contributed by atoms with Gasteiger partial charge in [-0.3, -0.25) is 0 Å². The molecule has 0 heterocycles. The Bertz CT molecular complexity index is 1360. The number of hydrogen-bond acceptors (Lipinski definition) is 4. The average Bonchev–Trinajstić information content (AvgIpc) is 2.79. The van der Waals surface area contributed by atoms with E-state index < -0.39 is 32.8 Å². The van der Waals surface area contributed by atoms with Gasteiger partial charge in [0.25, 0.3) is 0 Å². The maximum absolute atomic E-state index is 13.0. The van der Waals surface area contributed by atoms with E-state index >= 15 is 0 Å². The fraction of sp³-hybridized carbons (Fsp3) is 0.240. The summed E-state index contributed by atoms with van der Waals surface area (Å²) in [6, 6.07) is 13.8. The third-order valence-corrected chi connectivity index (χ3v) is 6.86. The molecule has 0 bridgehead atoms. The number of benzene rings is 3. The van der Waals surface area contributed by atoms with Gasteiger partial charge >= 0.3 is 22.3 Å². The van der Waals surface area contributed by atoms with Gasteiger partial charge in [-0.15, -0.1) is 0 Å². The van der Waals surface area contributed by atoms with E-state index in [-0.39, 0.29) is 18.3 Å². The molecule has 192 valence electrons. The highest BCUT2D eigenvalue weighted by Gasteiger charge is 2.32. The fourth-order valence-electron chi connectivity index (χ4n) is 3.25. The minimum absolute atomic E-state index is 0.0978.